The number of allylic oxidation sites excluding steroid dienone is 3. The zero-order valence-corrected chi connectivity index (χ0v) is 10.5. The molecule has 0 aromatic carbocycles. The van der Waals surface area contributed by atoms with Gasteiger partial charge < -0.3 is 0 Å². The minimum atomic E-state index is 0.591. The summed E-state index contributed by atoms with van der Waals surface area (Å²) in [6, 6.07) is 0. The molecular weight excluding hydrogens is 180 g/mol. The molecule has 0 saturated heterocycles. The minimum absolute atomic E-state index is 0.591. The number of fused-ring (bicyclic) bond motifs is 1. The van der Waals surface area contributed by atoms with Crippen molar-refractivity contribution in [1.82, 2.24) is 0 Å². The van der Waals surface area contributed by atoms with Crippen molar-refractivity contribution in [2.45, 2.75) is 52.9 Å². The summed E-state index contributed by atoms with van der Waals surface area (Å²) in [6.07, 6.45) is 8.83. The zero-order valence-electron chi connectivity index (χ0n) is 10.5. The van der Waals surface area contributed by atoms with Crippen LogP contribution in [0.25, 0.3) is 0 Å². The fourth-order valence-corrected chi connectivity index (χ4v) is 3.26. The van der Waals surface area contributed by atoms with E-state index in [4.69, 9.17) is 0 Å². The van der Waals surface area contributed by atoms with E-state index in [0.717, 1.165) is 11.8 Å². The van der Waals surface area contributed by atoms with Crippen molar-refractivity contribution >= 4 is 0 Å². The fraction of sp³-hybridized carbons (Fsp3) is 0.733. The summed E-state index contributed by atoms with van der Waals surface area (Å²) in [5, 5.41) is 0. The summed E-state index contributed by atoms with van der Waals surface area (Å²) in [6.45, 7) is 11.4. The Bertz CT molecular complexity index is 293. The van der Waals surface area contributed by atoms with Crippen LogP contribution >= 0.6 is 0 Å². The van der Waals surface area contributed by atoms with Crippen LogP contribution in [0.3, 0.4) is 0 Å². The molecule has 0 aromatic rings. The zero-order chi connectivity index (χ0) is 11.1. The lowest BCUT2D eigenvalue weighted by Gasteiger charge is -2.07. The molecule has 0 nitrogen and oxygen atoms in total. The molecule has 0 unspecified atom stereocenters. The summed E-state index contributed by atoms with van der Waals surface area (Å²) in [7, 11) is 0. The van der Waals surface area contributed by atoms with Gasteiger partial charge in [0.2, 0.25) is 0 Å². The average Bonchev–Trinajstić information content (AvgIpc) is 2.65. The van der Waals surface area contributed by atoms with Crippen molar-refractivity contribution < 1.29 is 0 Å². The second-order valence-corrected chi connectivity index (χ2v) is 6.12. The smallest absolute Gasteiger partial charge is 0.0286 e. The van der Waals surface area contributed by atoms with Gasteiger partial charge in [0.25, 0.3) is 0 Å². The van der Waals surface area contributed by atoms with Crippen LogP contribution in [-0.4, -0.2) is 0 Å². The molecule has 15 heavy (non-hydrogen) atoms. The molecule has 84 valence electrons. The van der Waals surface area contributed by atoms with E-state index >= 15 is 0 Å². The average molecular weight is 204 g/mol. The molecule has 2 aliphatic carbocycles. The predicted molar refractivity (Wildman–Crippen MR) is 66.7 cm³/mol. The lowest BCUT2D eigenvalue weighted by atomic mass is 9.98. The molecule has 2 atom stereocenters. The van der Waals surface area contributed by atoms with Crippen LogP contribution in [-0.2, 0) is 0 Å². The van der Waals surface area contributed by atoms with Gasteiger partial charge in [-0.3, -0.25) is 0 Å². The molecule has 0 heterocycles. The van der Waals surface area contributed by atoms with Gasteiger partial charge in [0.15, 0.2) is 0 Å². The first-order chi connectivity index (χ1) is 7.01. The van der Waals surface area contributed by atoms with E-state index in [0.29, 0.717) is 5.41 Å². The van der Waals surface area contributed by atoms with Gasteiger partial charge in [-0.1, -0.05) is 37.6 Å². The minimum Gasteiger partial charge on any atom is -0.0998 e. The van der Waals surface area contributed by atoms with Crippen LogP contribution in [0.4, 0.5) is 0 Å². The largest absolute Gasteiger partial charge is 0.0998 e. The van der Waals surface area contributed by atoms with Crippen LogP contribution in [0, 0.1) is 17.3 Å². The Morgan fingerprint density at radius 3 is 2.73 bits per heavy atom. The molecule has 1 saturated carbocycles. The number of hydrogen-bond donors (Lipinski definition) is 0. The maximum absolute atomic E-state index is 4.23. The Labute approximate surface area is 94.5 Å². The van der Waals surface area contributed by atoms with Crippen LogP contribution in [0.15, 0.2) is 23.8 Å². The highest BCUT2D eigenvalue weighted by Crippen LogP contribution is 2.63. The predicted octanol–water partition coefficient (Wildman–Crippen LogP) is 4.73. The highest BCUT2D eigenvalue weighted by molar-refractivity contribution is 5.14. The fourth-order valence-electron chi connectivity index (χ4n) is 3.26. The van der Waals surface area contributed by atoms with Gasteiger partial charge in [0.1, 0.15) is 0 Å². The molecule has 0 amide bonds. The molecule has 2 rings (SSSR count). The van der Waals surface area contributed by atoms with Gasteiger partial charge in [0, 0.05) is 0 Å². The van der Waals surface area contributed by atoms with Gasteiger partial charge in [-0.25, -0.2) is 0 Å². The van der Waals surface area contributed by atoms with Crippen LogP contribution in [0.5, 0.6) is 0 Å². The lowest BCUT2D eigenvalue weighted by Crippen LogP contribution is -1.92. The number of hydrogen-bond acceptors (Lipinski definition) is 0. The van der Waals surface area contributed by atoms with E-state index < -0.39 is 0 Å². The van der Waals surface area contributed by atoms with E-state index in [1.54, 1.807) is 5.57 Å². The van der Waals surface area contributed by atoms with Crippen LogP contribution in [0.2, 0.25) is 0 Å². The normalized spacial score (nSPS) is 38.9. The molecule has 0 N–H and O–H groups in total. The Hall–Kier alpha value is -0.520. The van der Waals surface area contributed by atoms with Gasteiger partial charge in [-0.2, -0.15) is 0 Å². The SMILES string of the molecule is C=C1CC/C=C(\C)CC[C@@H]2[C@H](C1)C2(C)C. The molecule has 0 radical (unpaired) electrons. The second-order valence-electron chi connectivity index (χ2n) is 6.12. The van der Waals surface area contributed by atoms with Gasteiger partial charge in [-0.15, -0.1) is 0 Å². The Morgan fingerprint density at radius 2 is 2.00 bits per heavy atom. The third-order valence-electron chi connectivity index (χ3n) is 4.64. The quantitative estimate of drug-likeness (QED) is 0.501. The van der Waals surface area contributed by atoms with E-state index in [2.05, 4.69) is 33.4 Å². The first kappa shape index (κ1) is 11.0. The molecule has 0 aromatic heterocycles. The monoisotopic (exact) mass is 204 g/mol. The van der Waals surface area contributed by atoms with Crippen molar-refractivity contribution in [2.75, 3.05) is 0 Å². The topological polar surface area (TPSA) is 0 Å². The van der Waals surface area contributed by atoms with E-state index in [1.807, 2.05) is 0 Å². The highest BCUT2D eigenvalue weighted by atomic mass is 14.6. The van der Waals surface area contributed by atoms with Gasteiger partial charge in [-0.05, 0) is 56.3 Å². The lowest BCUT2D eigenvalue weighted by molar-refractivity contribution is 0.520. The summed E-state index contributed by atoms with van der Waals surface area (Å²) in [5.41, 5.74) is 3.65. The standard InChI is InChI=1S/C15H24/c1-11-6-5-7-12(2)10-14-13(9-8-11)15(14,3)4/h6,13-14H,2,5,7-10H2,1,3-4H3/b11-6+/t13-,14+/m1/s1. The molecule has 2 aliphatic rings. The van der Waals surface area contributed by atoms with Crippen molar-refractivity contribution in [3.8, 4) is 0 Å². The van der Waals surface area contributed by atoms with E-state index in [9.17, 15) is 0 Å². The molecule has 0 spiro atoms. The van der Waals surface area contributed by atoms with Crippen LogP contribution in [0.1, 0.15) is 52.9 Å². The molecule has 0 aliphatic heterocycles. The Kier molecular flexibility index (Phi) is 2.79. The third-order valence-corrected chi connectivity index (χ3v) is 4.64. The maximum Gasteiger partial charge on any atom is -0.0286 e. The summed E-state index contributed by atoms with van der Waals surface area (Å²) in [4.78, 5) is 0. The molecule has 0 heteroatoms. The van der Waals surface area contributed by atoms with Gasteiger partial charge >= 0.3 is 0 Å². The first-order valence-corrected chi connectivity index (χ1v) is 6.34. The Balaban J connectivity index is 2.07. The summed E-state index contributed by atoms with van der Waals surface area (Å²) < 4.78 is 0. The van der Waals surface area contributed by atoms with E-state index in [-0.39, 0.29) is 0 Å². The van der Waals surface area contributed by atoms with Crippen molar-refractivity contribution in [2.24, 2.45) is 17.3 Å². The number of rotatable bonds is 0. The molecule has 1 fully saturated rings. The van der Waals surface area contributed by atoms with Gasteiger partial charge in [0.05, 0.1) is 0 Å². The Morgan fingerprint density at radius 1 is 1.27 bits per heavy atom. The molecule has 0 bridgehead atoms. The van der Waals surface area contributed by atoms with Crippen molar-refractivity contribution in [3.05, 3.63) is 23.8 Å². The summed E-state index contributed by atoms with van der Waals surface area (Å²) in [5.74, 6) is 1.88. The first-order valence-electron chi connectivity index (χ1n) is 6.34. The van der Waals surface area contributed by atoms with Crippen molar-refractivity contribution in [3.63, 3.8) is 0 Å². The molecular formula is C15H24. The van der Waals surface area contributed by atoms with E-state index in [1.165, 1.54) is 37.7 Å². The highest BCUT2D eigenvalue weighted by Gasteiger charge is 2.56. The van der Waals surface area contributed by atoms with Crippen molar-refractivity contribution in [1.29, 1.82) is 0 Å². The third kappa shape index (κ3) is 2.19. The van der Waals surface area contributed by atoms with Crippen LogP contribution < -0.4 is 0 Å². The maximum atomic E-state index is 4.23. The second kappa shape index (κ2) is 3.81. The summed E-state index contributed by atoms with van der Waals surface area (Å²) >= 11 is 0.